The number of methoxy groups -OCH3 is 1. The van der Waals surface area contributed by atoms with Crippen LogP contribution < -0.4 is 0 Å². The maximum absolute atomic E-state index is 12.3. The molecule has 7 nitrogen and oxygen atoms in total. The normalized spacial score (nSPS) is 31.2. The molecule has 1 aromatic heterocycles. The Bertz CT molecular complexity index is 875. The molecule has 0 saturated carbocycles. The van der Waals surface area contributed by atoms with Crippen LogP contribution in [-0.4, -0.2) is 47.6 Å². The average molecular weight is 388 g/mol. The molecule has 3 heterocycles. The van der Waals surface area contributed by atoms with E-state index < -0.39 is 42.1 Å². The molecule has 1 aromatic rings. The van der Waals surface area contributed by atoms with Crippen molar-refractivity contribution >= 4 is 11.9 Å². The van der Waals surface area contributed by atoms with Gasteiger partial charge in [-0.3, -0.25) is 0 Å². The van der Waals surface area contributed by atoms with Crippen LogP contribution >= 0.6 is 0 Å². The van der Waals surface area contributed by atoms with Gasteiger partial charge in [0.15, 0.2) is 0 Å². The van der Waals surface area contributed by atoms with Crippen molar-refractivity contribution in [2.75, 3.05) is 7.11 Å². The fourth-order valence-electron chi connectivity index (χ4n) is 3.78. The molecule has 5 unspecified atom stereocenters. The molecule has 5 atom stereocenters. The van der Waals surface area contributed by atoms with Gasteiger partial charge in [-0.05, 0) is 26.0 Å². The smallest absolute Gasteiger partial charge is 0.341 e. The summed E-state index contributed by atoms with van der Waals surface area (Å²) in [6, 6.07) is 1.52. The SMILES string of the molecule is C=C(C)C1Cc2oc(cc2C(=O)OC)C(C(=C)C)C2OC(=O)/C(=C\C1O)C2O. The molecule has 0 spiro atoms. The summed E-state index contributed by atoms with van der Waals surface area (Å²) in [6.07, 6.45) is -1.91. The summed E-state index contributed by atoms with van der Waals surface area (Å²) in [5.41, 5.74) is 1.43. The van der Waals surface area contributed by atoms with Gasteiger partial charge in [-0.1, -0.05) is 24.3 Å². The third-order valence-electron chi connectivity index (χ3n) is 5.31. The van der Waals surface area contributed by atoms with Crippen LogP contribution in [0.4, 0.5) is 0 Å². The number of furan rings is 1. The molecule has 0 amide bonds. The van der Waals surface area contributed by atoms with E-state index in [1.54, 1.807) is 13.8 Å². The van der Waals surface area contributed by atoms with Gasteiger partial charge in [0.25, 0.3) is 0 Å². The molecule has 7 heteroatoms. The second-order valence-corrected chi connectivity index (χ2v) is 7.39. The van der Waals surface area contributed by atoms with Gasteiger partial charge in [-0.15, -0.1) is 0 Å². The number of rotatable bonds is 3. The van der Waals surface area contributed by atoms with Crippen molar-refractivity contribution in [3.63, 3.8) is 0 Å². The van der Waals surface area contributed by atoms with Gasteiger partial charge in [0.05, 0.1) is 24.7 Å². The minimum atomic E-state index is -1.28. The number of hydrogen-bond acceptors (Lipinski definition) is 7. The maximum Gasteiger partial charge on any atom is 0.341 e. The highest BCUT2D eigenvalue weighted by Crippen LogP contribution is 2.40. The third kappa shape index (κ3) is 3.31. The van der Waals surface area contributed by atoms with Crippen molar-refractivity contribution < 1.29 is 33.7 Å². The molecule has 0 aliphatic carbocycles. The molecule has 2 aliphatic rings. The van der Waals surface area contributed by atoms with Gasteiger partial charge in [-0.25, -0.2) is 9.59 Å². The van der Waals surface area contributed by atoms with Crippen LogP contribution in [0.25, 0.3) is 0 Å². The zero-order chi connectivity index (χ0) is 20.7. The maximum atomic E-state index is 12.3. The van der Waals surface area contributed by atoms with E-state index in [2.05, 4.69) is 13.2 Å². The van der Waals surface area contributed by atoms with Crippen LogP contribution in [0.1, 0.15) is 41.6 Å². The quantitative estimate of drug-likeness (QED) is 0.603. The van der Waals surface area contributed by atoms with Gasteiger partial charge in [0.2, 0.25) is 0 Å². The number of aliphatic hydroxyl groups excluding tert-OH is 2. The zero-order valence-corrected chi connectivity index (χ0v) is 16.1. The van der Waals surface area contributed by atoms with E-state index in [1.165, 1.54) is 19.3 Å². The summed E-state index contributed by atoms with van der Waals surface area (Å²) in [6.45, 7) is 11.3. The summed E-state index contributed by atoms with van der Waals surface area (Å²) in [7, 11) is 1.26. The fourth-order valence-corrected chi connectivity index (χ4v) is 3.78. The van der Waals surface area contributed by atoms with Crippen LogP contribution in [0.2, 0.25) is 0 Å². The van der Waals surface area contributed by atoms with Gasteiger partial charge in [-0.2, -0.15) is 0 Å². The summed E-state index contributed by atoms with van der Waals surface area (Å²) in [5, 5.41) is 21.4. The first-order valence-corrected chi connectivity index (χ1v) is 8.96. The number of carbonyl (C=O) groups is 2. The van der Waals surface area contributed by atoms with Gasteiger partial charge in [0.1, 0.15) is 29.3 Å². The Kier molecular flexibility index (Phi) is 5.32. The molecule has 4 bridgehead atoms. The molecule has 28 heavy (non-hydrogen) atoms. The molecule has 1 saturated heterocycles. The first kappa shape index (κ1) is 20.1. The minimum Gasteiger partial charge on any atom is -0.465 e. The van der Waals surface area contributed by atoms with Crippen LogP contribution in [0.5, 0.6) is 0 Å². The number of esters is 2. The molecule has 150 valence electrons. The second kappa shape index (κ2) is 7.41. The molecule has 2 N–H and O–H groups in total. The van der Waals surface area contributed by atoms with E-state index in [4.69, 9.17) is 13.9 Å². The number of hydrogen-bond donors (Lipinski definition) is 2. The number of carbonyl (C=O) groups excluding carboxylic acids is 2. The third-order valence-corrected chi connectivity index (χ3v) is 5.31. The van der Waals surface area contributed by atoms with Crippen LogP contribution in [0.15, 0.2) is 46.4 Å². The van der Waals surface area contributed by atoms with E-state index in [9.17, 15) is 19.8 Å². The van der Waals surface area contributed by atoms with Crippen LogP contribution in [0, 0.1) is 5.92 Å². The minimum absolute atomic E-state index is 0.00413. The van der Waals surface area contributed by atoms with E-state index in [-0.39, 0.29) is 17.6 Å². The largest absolute Gasteiger partial charge is 0.465 e. The second-order valence-electron chi connectivity index (χ2n) is 7.39. The lowest BCUT2D eigenvalue weighted by atomic mass is 9.85. The Morgan fingerprint density at radius 3 is 2.50 bits per heavy atom. The van der Waals surface area contributed by atoms with E-state index in [0.717, 1.165) is 0 Å². The van der Waals surface area contributed by atoms with E-state index in [1.807, 2.05) is 0 Å². The highest BCUT2D eigenvalue weighted by molar-refractivity contribution is 5.93. The zero-order valence-electron chi connectivity index (χ0n) is 16.1. The number of aliphatic hydroxyl groups is 2. The molecule has 3 rings (SSSR count). The standard InChI is InChI=1S/C21H24O7/c1-9(2)11-7-15-12(20(24)26-5)8-16(27-15)17(10(3)4)19-18(23)13(6-14(11)22)21(25)28-19/h6,8,11,14,17-19,22-23H,1,3,7H2,2,4-5H3/b13-6-. The molecule has 0 aromatic carbocycles. The van der Waals surface area contributed by atoms with Crippen molar-refractivity contribution in [3.05, 3.63) is 59.1 Å². The molecular formula is C21H24O7. The lowest BCUT2D eigenvalue weighted by Gasteiger charge is -2.23. The summed E-state index contributed by atoms with van der Waals surface area (Å²) in [5.74, 6) is -1.84. The topological polar surface area (TPSA) is 106 Å². The van der Waals surface area contributed by atoms with Crippen molar-refractivity contribution in [2.45, 2.75) is 44.5 Å². The fraction of sp³-hybridized carbons (Fsp3) is 0.429. The Balaban J connectivity index is 2.24. The predicted octanol–water partition coefficient (Wildman–Crippen LogP) is 2.05. The first-order valence-electron chi connectivity index (χ1n) is 8.96. The Labute approximate surface area is 162 Å². The number of ether oxygens (including phenoxy) is 2. The summed E-state index contributed by atoms with van der Waals surface area (Å²) in [4.78, 5) is 24.6. The summed E-state index contributed by atoms with van der Waals surface area (Å²) < 4.78 is 16.2. The lowest BCUT2D eigenvalue weighted by Crippen LogP contribution is -2.30. The predicted molar refractivity (Wildman–Crippen MR) is 99.6 cm³/mol. The van der Waals surface area contributed by atoms with Crippen molar-refractivity contribution in [1.82, 2.24) is 0 Å². The van der Waals surface area contributed by atoms with Crippen molar-refractivity contribution in [1.29, 1.82) is 0 Å². The Hall–Kier alpha value is -2.64. The monoisotopic (exact) mass is 388 g/mol. The van der Waals surface area contributed by atoms with Crippen LogP contribution in [-0.2, 0) is 20.7 Å². The Morgan fingerprint density at radius 1 is 1.25 bits per heavy atom. The van der Waals surface area contributed by atoms with Gasteiger partial charge >= 0.3 is 11.9 Å². The highest BCUT2D eigenvalue weighted by Gasteiger charge is 2.46. The summed E-state index contributed by atoms with van der Waals surface area (Å²) >= 11 is 0. The molecule has 0 radical (unpaired) electrons. The lowest BCUT2D eigenvalue weighted by molar-refractivity contribution is -0.140. The van der Waals surface area contributed by atoms with Crippen molar-refractivity contribution in [2.24, 2.45) is 5.92 Å². The van der Waals surface area contributed by atoms with Gasteiger partial charge < -0.3 is 24.1 Å². The van der Waals surface area contributed by atoms with Crippen molar-refractivity contribution in [3.8, 4) is 0 Å². The number of fused-ring (bicyclic) bond motifs is 4. The van der Waals surface area contributed by atoms with Gasteiger partial charge in [0, 0.05) is 12.3 Å². The highest BCUT2D eigenvalue weighted by atomic mass is 16.6. The molecule has 1 fully saturated rings. The van der Waals surface area contributed by atoms with E-state index >= 15 is 0 Å². The van der Waals surface area contributed by atoms with Crippen LogP contribution in [0.3, 0.4) is 0 Å². The Morgan fingerprint density at radius 2 is 1.93 bits per heavy atom. The average Bonchev–Trinajstić information content (AvgIpc) is 3.14. The molecular weight excluding hydrogens is 364 g/mol. The van der Waals surface area contributed by atoms with E-state index in [0.29, 0.717) is 22.7 Å². The molecule has 2 aliphatic heterocycles. The first-order chi connectivity index (χ1) is 13.1.